The largest absolute Gasteiger partial charge is 0.495 e. The maximum atomic E-state index is 12.3. The van der Waals surface area contributed by atoms with Crippen molar-refractivity contribution < 1.29 is 9.53 Å². The summed E-state index contributed by atoms with van der Waals surface area (Å²) in [7, 11) is 3.52. The average Bonchev–Trinajstić information content (AvgIpc) is 3.23. The van der Waals surface area contributed by atoms with Crippen molar-refractivity contribution in [2.24, 2.45) is 7.05 Å². The quantitative estimate of drug-likeness (QED) is 0.770. The average molecular weight is 381 g/mol. The van der Waals surface area contributed by atoms with E-state index in [0.29, 0.717) is 22.4 Å². The molecule has 0 atom stereocenters. The first-order valence-electron chi connectivity index (χ1n) is 8.24. The summed E-state index contributed by atoms with van der Waals surface area (Å²) in [5.41, 5.74) is 0.560. The number of rotatable bonds is 6. The monoisotopic (exact) mass is 380 g/mol. The van der Waals surface area contributed by atoms with Gasteiger partial charge in [0, 0.05) is 18.0 Å². The third kappa shape index (κ3) is 4.27. The van der Waals surface area contributed by atoms with Gasteiger partial charge in [0.1, 0.15) is 11.6 Å². The lowest BCUT2D eigenvalue weighted by molar-refractivity contribution is -0.113. The van der Waals surface area contributed by atoms with Gasteiger partial charge in [-0.05, 0) is 31.0 Å². The maximum Gasteiger partial charge on any atom is 0.234 e. The lowest BCUT2D eigenvalue weighted by Crippen LogP contribution is -2.15. The fraction of sp³-hybridized carbons (Fsp3) is 0.471. The zero-order valence-electron chi connectivity index (χ0n) is 14.3. The van der Waals surface area contributed by atoms with Crippen LogP contribution in [0.15, 0.2) is 23.4 Å². The predicted molar refractivity (Wildman–Crippen MR) is 99.6 cm³/mol. The smallest absolute Gasteiger partial charge is 0.234 e. The summed E-state index contributed by atoms with van der Waals surface area (Å²) in [6.07, 6.45) is 4.85. The van der Waals surface area contributed by atoms with E-state index >= 15 is 0 Å². The molecule has 2 aromatic rings. The molecule has 1 aliphatic rings. The van der Waals surface area contributed by atoms with Crippen LogP contribution in [-0.2, 0) is 11.8 Å². The van der Waals surface area contributed by atoms with Crippen LogP contribution < -0.4 is 10.1 Å². The molecule has 1 saturated carbocycles. The Morgan fingerprint density at radius 1 is 1.40 bits per heavy atom. The molecule has 25 heavy (non-hydrogen) atoms. The van der Waals surface area contributed by atoms with E-state index in [0.717, 1.165) is 11.0 Å². The molecule has 1 N–H and O–H groups in total. The maximum absolute atomic E-state index is 12.3. The first kappa shape index (κ1) is 18.1. The highest BCUT2D eigenvalue weighted by Gasteiger charge is 2.23. The lowest BCUT2D eigenvalue weighted by Gasteiger charge is -2.11. The summed E-state index contributed by atoms with van der Waals surface area (Å²) in [5, 5.41) is 12.7. The van der Waals surface area contributed by atoms with Crippen LogP contribution in [0.25, 0.3) is 0 Å². The highest BCUT2D eigenvalue weighted by molar-refractivity contribution is 7.99. The minimum absolute atomic E-state index is 0.143. The lowest BCUT2D eigenvalue weighted by atomic mass is 10.1. The molecule has 0 saturated heterocycles. The topological polar surface area (TPSA) is 69.0 Å². The summed E-state index contributed by atoms with van der Waals surface area (Å²) in [5.74, 6) is 2.20. The van der Waals surface area contributed by atoms with Crippen molar-refractivity contribution in [3.8, 4) is 5.75 Å². The Hall–Kier alpha value is -1.73. The van der Waals surface area contributed by atoms with Gasteiger partial charge in [0.25, 0.3) is 0 Å². The minimum Gasteiger partial charge on any atom is -0.495 e. The summed E-state index contributed by atoms with van der Waals surface area (Å²) >= 11 is 7.36. The number of hydrogen-bond donors (Lipinski definition) is 1. The number of methoxy groups -OCH3 is 1. The molecule has 8 heteroatoms. The Labute approximate surface area is 156 Å². The fourth-order valence-corrected chi connectivity index (χ4v) is 3.98. The Balaban J connectivity index is 1.60. The van der Waals surface area contributed by atoms with Gasteiger partial charge in [-0.2, -0.15) is 0 Å². The molecular weight excluding hydrogens is 360 g/mol. The molecule has 0 aliphatic heterocycles. The zero-order valence-corrected chi connectivity index (χ0v) is 15.9. The highest BCUT2D eigenvalue weighted by Crippen LogP contribution is 2.34. The number of nitrogens with zero attached hydrogens (tertiary/aromatic N) is 3. The first-order chi connectivity index (χ1) is 12.1. The number of halogens is 1. The number of amides is 1. The van der Waals surface area contributed by atoms with E-state index in [1.165, 1.54) is 37.4 Å². The van der Waals surface area contributed by atoms with Crippen molar-refractivity contribution in [2.75, 3.05) is 18.2 Å². The van der Waals surface area contributed by atoms with Crippen LogP contribution in [0.4, 0.5) is 5.69 Å². The SMILES string of the molecule is COc1ccc(Cl)cc1NC(=O)CSc1nnc(C2CCCC2)n1C. The molecule has 1 fully saturated rings. The van der Waals surface area contributed by atoms with Crippen LogP contribution in [0.2, 0.25) is 5.02 Å². The van der Waals surface area contributed by atoms with E-state index in [9.17, 15) is 4.79 Å². The third-order valence-corrected chi connectivity index (χ3v) is 5.61. The second-order valence-corrected chi connectivity index (χ2v) is 7.44. The van der Waals surface area contributed by atoms with Crippen LogP contribution in [0.5, 0.6) is 5.75 Å². The van der Waals surface area contributed by atoms with Crippen LogP contribution in [0.1, 0.15) is 37.4 Å². The number of benzene rings is 1. The Kier molecular flexibility index (Phi) is 5.86. The second kappa shape index (κ2) is 8.10. The second-order valence-electron chi connectivity index (χ2n) is 6.06. The summed E-state index contributed by atoms with van der Waals surface area (Å²) in [6, 6.07) is 5.11. The number of hydrogen-bond acceptors (Lipinski definition) is 5. The number of aromatic nitrogens is 3. The van der Waals surface area contributed by atoms with Crippen LogP contribution in [0, 0.1) is 0 Å². The van der Waals surface area contributed by atoms with Gasteiger partial charge in [-0.25, -0.2) is 0 Å². The number of carbonyl (C=O) groups excluding carboxylic acids is 1. The normalized spacial score (nSPS) is 14.7. The number of anilines is 1. The molecule has 6 nitrogen and oxygen atoms in total. The molecule has 0 unspecified atom stereocenters. The summed E-state index contributed by atoms with van der Waals surface area (Å²) in [4.78, 5) is 12.3. The number of carbonyl (C=O) groups is 1. The van der Waals surface area contributed by atoms with E-state index in [4.69, 9.17) is 16.3 Å². The summed E-state index contributed by atoms with van der Waals surface area (Å²) in [6.45, 7) is 0. The van der Waals surface area contributed by atoms with Gasteiger partial charge in [0.15, 0.2) is 5.16 Å². The van der Waals surface area contributed by atoms with Crippen molar-refractivity contribution in [3.63, 3.8) is 0 Å². The third-order valence-electron chi connectivity index (χ3n) is 4.36. The van der Waals surface area contributed by atoms with Crippen LogP contribution >= 0.6 is 23.4 Å². The molecule has 3 rings (SSSR count). The number of thioether (sulfide) groups is 1. The highest BCUT2D eigenvalue weighted by atomic mass is 35.5. The fourth-order valence-electron chi connectivity index (χ4n) is 3.09. The zero-order chi connectivity index (χ0) is 17.8. The van der Waals surface area contributed by atoms with E-state index in [1.807, 2.05) is 11.6 Å². The Morgan fingerprint density at radius 2 is 2.16 bits per heavy atom. The summed E-state index contributed by atoms with van der Waals surface area (Å²) < 4.78 is 7.24. The van der Waals surface area contributed by atoms with Crippen molar-refractivity contribution >= 4 is 35.0 Å². The molecule has 1 aliphatic carbocycles. The van der Waals surface area contributed by atoms with Crippen molar-refractivity contribution in [1.82, 2.24) is 14.8 Å². The van der Waals surface area contributed by atoms with Gasteiger partial charge < -0.3 is 14.6 Å². The van der Waals surface area contributed by atoms with Gasteiger partial charge in [0.2, 0.25) is 5.91 Å². The molecule has 134 valence electrons. The standard InChI is InChI=1S/C17H21ClN4O2S/c1-22-16(11-5-3-4-6-11)20-21-17(22)25-10-15(23)19-13-9-12(18)7-8-14(13)24-2/h7-9,11H,3-6,10H2,1-2H3,(H,19,23). The van der Waals surface area contributed by atoms with Gasteiger partial charge in [-0.15, -0.1) is 10.2 Å². The van der Waals surface area contributed by atoms with Gasteiger partial charge >= 0.3 is 0 Å². The molecular formula is C17H21ClN4O2S. The van der Waals surface area contributed by atoms with Gasteiger partial charge in [-0.1, -0.05) is 36.2 Å². The van der Waals surface area contributed by atoms with Crippen molar-refractivity contribution in [1.29, 1.82) is 0 Å². The minimum atomic E-state index is -0.143. The molecule has 0 spiro atoms. The first-order valence-corrected chi connectivity index (χ1v) is 9.60. The molecule has 1 amide bonds. The number of nitrogens with one attached hydrogen (secondary N) is 1. The molecule has 0 radical (unpaired) electrons. The van der Waals surface area contributed by atoms with Crippen LogP contribution in [-0.4, -0.2) is 33.5 Å². The van der Waals surface area contributed by atoms with Crippen molar-refractivity contribution in [3.05, 3.63) is 29.0 Å². The Morgan fingerprint density at radius 3 is 2.88 bits per heavy atom. The van der Waals surface area contributed by atoms with Crippen LogP contribution in [0.3, 0.4) is 0 Å². The molecule has 1 aromatic carbocycles. The van der Waals surface area contributed by atoms with E-state index in [1.54, 1.807) is 25.3 Å². The Bertz CT molecular complexity index is 759. The molecule has 1 aromatic heterocycles. The predicted octanol–water partition coefficient (Wildman–Crippen LogP) is 3.87. The van der Waals surface area contributed by atoms with Crippen molar-refractivity contribution in [2.45, 2.75) is 36.8 Å². The van der Waals surface area contributed by atoms with E-state index in [2.05, 4.69) is 15.5 Å². The molecule has 1 heterocycles. The number of ether oxygens (including phenoxy) is 1. The van der Waals surface area contributed by atoms with E-state index in [-0.39, 0.29) is 11.7 Å². The molecule has 0 bridgehead atoms. The van der Waals surface area contributed by atoms with Gasteiger partial charge in [-0.3, -0.25) is 4.79 Å². The van der Waals surface area contributed by atoms with E-state index < -0.39 is 0 Å². The van der Waals surface area contributed by atoms with Gasteiger partial charge in [0.05, 0.1) is 18.6 Å².